The van der Waals surface area contributed by atoms with Crippen LogP contribution in [0.3, 0.4) is 0 Å². The molecule has 3 N–H and O–H groups in total. The van der Waals surface area contributed by atoms with Gasteiger partial charge in [-0.3, -0.25) is 0 Å². The van der Waals surface area contributed by atoms with Crippen LogP contribution in [0.15, 0.2) is 18.2 Å². The summed E-state index contributed by atoms with van der Waals surface area (Å²) >= 11 is 5.90. The third-order valence-corrected chi connectivity index (χ3v) is 4.23. The quantitative estimate of drug-likeness (QED) is 0.766. The fraction of sp³-hybridized carbons (Fsp3) is 0.588. The Kier molecular flexibility index (Phi) is 5.42. The Hall–Kier alpha value is -1.46. The lowest BCUT2D eigenvalue weighted by Gasteiger charge is -2.42. The number of aromatic hydroxyl groups is 1. The monoisotopic (exact) mass is 340 g/mol. The normalized spacial score (nSPS) is 16.5. The molecule has 0 unspecified atom stereocenters. The van der Waals surface area contributed by atoms with E-state index in [9.17, 15) is 9.90 Å². The number of hydrogen-bond donors (Lipinski definition) is 3. The first-order chi connectivity index (χ1) is 10.7. The van der Waals surface area contributed by atoms with Crippen LogP contribution in [0, 0.1) is 0 Å². The number of carbonyl (C=O) groups is 1. The summed E-state index contributed by atoms with van der Waals surface area (Å²) in [5, 5.41) is 16.5. The maximum atomic E-state index is 12.0. The number of para-hydroxylation sites is 1. The number of rotatable bonds is 5. The first-order valence-electron chi connectivity index (χ1n) is 7.89. The molecule has 128 valence electrons. The molecule has 6 heteroatoms. The SMILES string of the molecule is CC(C)(C)OC(=O)NC1(CNCc2cccc(Cl)c2O)CCC1. The summed E-state index contributed by atoms with van der Waals surface area (Å²) in [6, 6.07) is 5.28. The molecule has 1 amide bonds. The first kappa shape index (κ1) is 17.9. The molecule has 1 aliphatic rings. The summed E-state index contributed by atoms with van der Waals surface area (Å²) in [6.07, 6.45) is 2.53. The van der Waals surface area contributed by atoms with Gasteiger partial charge in [-0.15, -0.1) is 0 Å². The van der Waals surface area contributed by atoms with E-state index in [0.717, 1.165) is 24.8 Å². The van der Waals surface area contributed by atoms with Crippen LogP contribution in [0.2, 0.25) is 5.02 Å². The van der Waals surface area contributed by atoms with Gasteiger partial charge < -0.3 is 20.5 Å². The van der Waals surface area contributed by atoms with E-state index in [4.69, 9.17) is 16.3 Å². The van der Waals surface area contributed by atoms with E-state index in [1.807, 2.05) is 26.8 Å². The maximum Gasteiger partial charge on any atom is 0.408 e. The number of amides is 1. The van der Waals surface area contributed by atoms with E-state index >= 15 is 0 Å². The molecule has 5 nitrogen and oxygen atoms in total. The summed E-state index contributed by atoms with van der Waals surface area (Å²) in [7, 11) is 0. The van der Waals surface area contributed by atoms with Crippen LogP contribution >= 0.6 is 11.6 Å². The van der Waals surface area contributed by atoms with Crippen molar-refractivity contribution >= 4 is 17.7 Å². The number of phenols is 1. The Bertz CT molecular complexity index is 565. The van der Waals surface area contributed by atoms with Crippen molar-refractivity contribution < 1.29 is 14.6 Å². The minimum absolute atomic E-state index is 0.101. The van der Waals surface area contributed by atoms with Gasteiger partial charge in [-0.2, -0.15) is 0 Å². The standard InChI is InChI=1S/C17H25ClN2O3/c1-16(2,3)23-15(22)20-17(8-5-9-17)11-19-10-12-6-4-7-13(18)14(12)21/h4,6-7,19,21H,5,8-11H2,1-3H3,(H,20,22). The van der Waals surface area contributed by atoms with Crippen molar-refractivity contribution in [1.82, 2.24) is 10.6 Å². The van der Waals surface area contributed by atoms with Gasteiger partial charge in [-0.1, -0.05) is 23.7 Å². The zero-order chi connectivity index (χ0) is 17.1. The van der Waals surface area contributed by atoms with Gasteiger partial charge >= 0.3 is 6.09 Å². The van der Waals surface area contributed by atoms with Crippen molar-refractivity contribution in [3.05, 3.63) is 28.8 Å². The molecule has 0 spiro atoms. The van der Waals surface area contributed by atoms with Gasteiger partial charge in [-0.25, -0.2) is 4.79 Å². The number of alkyl carbamates (subject to hydrolysis) is 1. The fourth-order valence-corrected chi connectivity index (χ4v) is 2.80. The molecular weight excluding hydrogens is 316 g/mol. The van der Waals surface area contributed by atoms with Crippen LogP contribution in [0.5, 0.6) is 5.75 Å². The predicted molar refractivity (Wildman–Crippen MR) is 90.8 cm³/mol. The second-order valence-corrected chi connectivity index (χ2v) is 7.52. The van der Waals surface area contributed by atoms with E-state index in [0.29, 0.717) is 18.1 Å². The zero-order valence-corrected chi connectivity index (χ0v) is 14.7. The smallest absolute Gasteiger partial charge is 0.408 e. The lowest BCUT2D eigenvalue weighted by atomic mass is 9.76. The number of phenolic OH excluding ortho intramolecular Hbond substituents is 1. The molecule has 0 heterocycles. The number of hydrogen-bond acceptors (Lipinski definition) is 4. The van der Waals surface area contributed by atoms with Crippen LogP contribution in [0.1, 0.15) is 45.6 Å². The van der Waals surface area contributed by atoms with Gasteiger partial charge in [0.1, 0.15) is 11.4 Å². The minimum Gasteiger partial charge on any atom is -0.506 e. The van der Waals surface area contributed by atoms with Crippen molar-refractivity contribution in [3.63, 3.8) is 0 Å². The number of ether oxygens (including phenoxy) is 1. The second kappa shape index (κ2) is 6.97. The number of halogens is 1. The highest BCUT2D eigenvalue weighted by molar-refractivity contribution is 6.32. The molecule has 1 aromatic carbocycles. The maximum absolute atomic E-state index is 12.0. The summed E-state index contributed by atoms with van der Waals surface area (Å²) in [6.45, 7) is 6.66. The molecular formula is C17H25ClN2O3. The zero-order valence-electron chi connectivity index (χ0n) is 13.9. The molecule has 1 fully saturated rings. The highest BCUT2D eigenvalue weighted by Crippen LogP contribution is 2.32. The number of nitrogens with one attached hydrogen (secondary N) is 2. The van der Waals surface area contributed by atoms with E-state index in [1.54, 1.807) is 12.1 Å². The van der Waals surface area contributed by atoms with Crippen LogP contribution < -0.4 is 10.6 Å². The second-order valence-electron chi connectivity index (χ2n) is 7.11. The molecule has 23 heavy (non-hydrogen) atoms. The third kappa shape index (κ3) is 5.01. The molecule has 1 aliphatic carbocycles. The molecule has 0 atom stereocenters. The van der Waals surface area contributed by atoms with E-state index in [-0.39, 0.29) is 17.4 Å². The number of carbonyl (C=O) groups excluding carboxylic acids is 1. The van der Waals surface area contributed by atoms with E-state index < -0.39 is 5.60 Å². The molecule has 0 radical (unpaired) electrons. The van der Waals surface area contributed by atoms with Crippen molar-refractivity contribution in [1.29, 1.82) is 0 Å². The van der Waals surface area contributed by atoms with Crippen molar-refractivity contribution in [2.75, 3.05) is 6.54 Å². The lowest BCUT2D eigenvalue weighted by molar-refractivity contribution is 0.0382. The summed E-state index contributed by atoms with van der Waals surface area (Å²) in [4.78, 5) is 12.0. The number of benzene rings is 1. The Balaban J connectivity index is 1.87. The highest BCUT2D eigenvalue weighted by Gasteiger charge is 2.39. The van der Waals surface area contributed by atoms with E-state index in [1.165, 1.54) is 0 Å². The highest BCUT2D eigenvalue weighted by atomic mass is 35.5. The van der Waals surface area contributed by atoms with Gasteiger partial charge in [0.25, 0.3) is 0 Å². The van der Waals surface area contributed by atoms with Gasteiger partial charge in [0.15, 0.2) is 0 Å². The topological polar surface area (TPSA) is 70.6 Å². The molecule has 2 rings (SSSR count). The first-order valence-corrected chi connectivity index (χ1v) is 8.27. The Morgan fingerprint density at radius 3 is 2.65 bits per heavy atom. The molecule has 0 bridgehead atoms. The largest absolute Gasteiger partial charge is 0.506 e. The third-order valence-electron chi connectivity index (χ3n) is 3.93. The molecule has 1 saturated carbocycles. The van der Waals surface area contributed by atoms with E-state index in [2.05, 4.69) is 10.6 Å². The van der Waals surface area contributed by atoms with Crippen LogP contribution in [0.4, 0.5) is 4.79 Å². The lowest BCUT2D eigenvalue weighted by Crippen LogP contribution is -2.59. The minimum atomic E-state index is -0.505. The molecule has 0 aromatic heterocycles. The molecule has 0 saturated heterocycles. The van der Waals surface area contributed by atoms with Crippen LogP contribution in [-0.2, 0) is 11.3 Å². The average molecular weight is 341 g/mol. The summed E-state index contributed by atoms with van der Waals surface area (Å²) in [5.74, 6) is 0.101. The van der Waals surface area contributed by atoms with Gasteiger partial charge in [0.05, 0.1) is 10.6 Å². The molecule has 0 aliphatic heterocycles. The predicted octanol–water partition coefficient (Wildman–Crippen LogP) is 3.58. The fourth-order valence-electron chi connectivity index (χ4n) is 2.61. The van der Waals surface area contributed by atoms with Crippen molar-refractivity contribution in [2.24, 2.45) is 0 Å². The Morgan fingerprint density at radius 1 is 1.39 bits per heavy atom. The summed E-state index contributed by atoms with van der Waals surface area (Å²) in [5.41, 5.74) is -0.0322. The van der Waals surface area contributed by atoms with Crippen LogP contribution in [-0.4, -0.2) is 28.9 Å². The Morgan fingerprint density at radius 2 is 2.09 bits per heavy atom. The summed E-state index contributed by atoms with van der Waals surface area (Å²) < 4.78 is 5.33. The average Bonchev–Trinajstić information content (AvgIpc) is 2.38. The molecule has 1 aromatic rings. The van der Waals surface area contributed by atoms with Crippen LogP contribution in [0.25, 0.3) is 0 Å². The van der Waals surface area contributed by atoms with Gasteiger partial charge in [0, 0.05) is 18.7 Å². The van der Waals surface area contributed by atoms with Gasteiger partial charge in [0.2, 0.25) is 0 Å². The van der Waals surface area contributed by atoms with Crippen molar-refractivity contribution in [3.8, 4) is 5.75 Å². The van der Waals surface area contributed by atoms with Gasteiger partial charge in [-0.05, 0) is 46.1 Å². The Labute approximate surface area is 142 Å². The van der Waals surface area contributed by atoms with Crippen molar-refractivity contribution in [2.45, 2.75) is 57.7 Å².